The summed E-state index contributed by atoms with van der Waals surface area (Å²) in [5.41, 5.74) is 0.530. The van der Waals surface area contributed by atoms with Crippen molar-refractivity contribution in [2.24, 2.45) is 0 Å². The van der Waals surface area contributed by atoms with Gasteiger partial charge in [0.15, 0.2) is 6.23 Å². The summed E-state index contributed by atoms with van der Waals surface area (Å²) in [6.45, 7) is 1.23. The minimum atomic E-state index is -1.24. The van der Waals surface area contributed by atoms with Crippen LogP contribution in [0.15, 0.2) is 18.3 Å². The third-order valence-electron chi connectivity index (χ3n) is 2.12. The highest BCUT2D eigenvalue weighted by atomic mass is 16.3. The van der Waals surface area contributed by atoms with E-state index in [2.05, 4.69) is 4.98 Å². The number of nitrogens with zero attached hydrogens (tertiary/aromatic N) is 2. The van der Waals surface area contributed by atoms with Crippen LogP contribution >= 0.6 is 0 Å². The van der Waals surface area contributed by atoms with E-state index in [0.29, 0.717) is 0 Å². The third-order valence-corrected chi connectivity index (χ3v) is 2.12. The second-order valence-electron chi connectivity index (χ2n) is 3.00. The molecule has 5 nitrogen and oxygen atoms in total. The normalized spacial score (nSPS) is 19.7. The molecule has 1 aromatic rings. The Bertz CT molecular complexity index is 416. The maximum Gasteiger partial charge on any atom is 0.264 e. The molecule has 1 aliphatic heterocycles. The average Bonchev–Trinajstić information content (AvgIpc) is 2.41. The number of aliphatic hydroxyl groups is 1. The molecule has 2 heterocycles. The van der Waals surface area contributed by atoms with Crippen molar-refractivity contribution >= 4 is 11.8 Å². The van der Waals surface area contributed by atoms with Crippen molar-refractivity contribution in [2.45, 2.75) is 13.2 Å². The van der Waals surface area contributed by atoms with Crippen LogP contribution in [0.25, 0.3) is 0 Å². The van der Waals surface area contributed by atoms with Crippen LogP contribution in [0.1, 0.15) is 29.2 Å². The van der Waals surface area contributed by atoms with Crippen LogP contribution < -0.4 is 0 Å². The summed E-state index contributed by atoms with van der Waals surface area (Å²) in [6.07, 6.45) is 0.232. The lowest BCUT2D eigenvalue weighted by Gasteiger charge is -2.15. The van der Waals surface area contributed by atoms with Crippen molar-refractivity contribution in [1.82, 2.24) is 9.88 Å². The molecule has 5 heteroatoms. The predicted octanol–water partition coefficient (Wildman–Crippen LogP) is 0.0748. The number of hydrogen-bond acceptors (Lipinski definition) is 4. The summed E-state index contributed by atoms with van der Waals surface area (Å²) < 4.78 is 0. The first kappa shape index (κ1) is 8.83. The van der Waals surface area contributed by atoms with E-state index in [4.69, 9.17) is 0 Å². The maximum atomic E-state index is 11.6. The van der Waals surface area contributed by atoms with E-state index < -0.39 is 18.0 Å². The summed E-state index contributed by atoms with van der Waals surface area (Å²) in [7, 11) is 0. The van der Waals surface area contributed by atoms with Gasteiger partial charge in [-0.1, -0.05) is 0 Å². The number of hydrogen-bond donors (Lipinski definition) is 1. The standard InChI is InChI=1S/C9H8N2O3/c1-5(12)11-8(13)6-3-2-4-10-7(6)9(11)14/h2-4,9,14H,1H3. The first-order chi connectivity index (χ1) is 6.63. The minimum Gasteiger partial charge on any atom is -0.367 e. The molecule has 1 N–H and O–H groups in total. The zero-order valence-corrected chi connectivity index (χ0v) is 7.47. The lowest BCUT2D eigenvalue weighted by Crippen LogP contribution is -2.32. The van der Waals surface area contributed by atoms with Crippen LogP contribution in [0.3, 0.4) is 0 Å². The van der Waals surface area contributed by atoms with Crippen LogP contribution in [0, 0.1) is 0 Å². The quantitative estimate of drug-likeness (QED) is 0.631. The summed E-state index contributed by atoms with van der Waals surface area (Å²) >= 11 is 0. The molecule has 72 valence electrons. The number of imide groups is 1. The Kier molecular flexibility index (Phi) is 1.82. The van der Waals surface area contributed by atoms with Crippen molar-refractivity contribution in [3.8, 4) is 0 Å². The molecule has 1 atom stereocenters. The van der Waals surface area contributed by atoms with Gasteiger partial charge in [0.2, 0.25) is 5.91 Å². The van der Waals surface area contributed by atoms with E-state index in [9.17, 15) is 14.7 Å². The Labute approximate surface area is 80.0 Å². The van der Waals surface area contributed by atoms with E-state index in [1.54, 1.807) is 6.07 Å². The Morgan fingerprint density at radius 2 is 2.36 bits per heavy atom. The van der Waals surface area contributed by atoms with Crippen molar-refractivity contribution in [3.05, 3.63) is 29.6 Å². The van der Waals surface area contributed by atoms with Gasteiger partial charge in [-0.3, -0.25) is 14.6 Å². The molecule has 0 spiro atoms. The second kappa shape index (κ2) is 2.88. The summed E-state index contributed by atoms with van der Waals surface area (Å²) in [5, 5.41) is 9.60. The molecule has 1 aliphatic rings. The zero-order chi connectivity index (χ0) is 10.3. The number of carbonyl (C=O) groups is 2. The van der Waals surface area contributed by atoms with Crippen LogP contribution in [0.4, 0.5) is 0 Å². The van der Waals surface area contributed by atoms with E-state index >= 15 is 0 Å². The number of pyridine rings is 1. The van der Waals surface area contributed by atoms with Gasteiger partial charge in [-0.05, 0) is 12.1 Å². The smallest absolute Gasteiger partial charge is 0.264 e. The molecular weight excluding hydrogens is 184 g/mol. The molecule has 0 saturated carbocycles. The van der Waals surface area contributed by atoms with Gasteiger partial charge in [0.1, 0.15) is 5.69 Å². The molecule has 0 radical (unpaired) electrons. The highest BCUT2D eigenvalue weighted by molar-refractivity contribution is 6.07. The fourth-order valence-electron chi connectivity index (χ4n) is 1.48. The summed E-state index contributed by atoms with van der Waals surface area (Å²) in [6, 6.07) is 3.13. The molecular formula is C9H8N2O3. The van der Waals surface area contributed by atoms with Crippen molar-refractivity contribution in [2.75, 3.05) is 0 Å². The number of fused-ring (bicyclic) bond motifs is 1. The van der Waals surface area contributed by atoms with Crippen LogP contribution in [-0.2, 0) is 4.79 Å². The Morgan fingerprint density at radius 1 is 1.64 bits per heavy atom. The van der Waals surface area contributed by atoms with Crippen LogP contribution in [0.5, 0.6) is 0 Å². The van der Waals surface area contributed by atoms with E-state index in [-0.39, 0.29) is 11.3 Å². The first-order valence-electron chi connectivity index (χ1n) is 4.10. The fraction of sp³-hybridized carbons (Fsp3) is 0.222. The van der Waals surface area contributed by atoms with E-state index in [1.165, 1.54) is 19.2 Å². The lowest BCUT2D eigenvalue weighted by molar-refractivity contribution is -0.133. The van der Waals surface area contributed by atoms with Gasteiger partial charge in [-0.25, -0.2) is 4.90 Å². The SMILES string of the molecule is CC(=O)N1C(=O)c2cccnc2C1O. The number of amides is 2. The molecule has 0 aliphatic carbocycles. The molecule has 1 unspecified atom stereocenters. The molecule has 1 aromatic heterocycles. The van der Waals surface area contributed by atoms with Crippen molar-refractivity contribution in [3.63, 3.8) is 0 Å². The number of carbonyl (C=O) groups excluding carboxylic acids is 2. The zero-order valence-electron chi connectivity index (χ0n) is 7.47. The molecule has 2 amide bonds. The molecule has 0 saturated heterocycles. The third kappa shape index (κ3) is 1.03. The van der Waals surface area contributed by atoms with Crippen molar-refractivity contribution < 1.29 is 14.7 Å². The molecule has 0 aromatic carbocycles. The van der Waals surface area contributed by atoms with Crippen molar-refractivity contribution in [1.29, 1.82) is 0 Å². The summed E-state index contributed by atoms with van der Waals surface area (Å²) in [4.78, 5) is 27.3. The summed E-state index contributed by atoms with van der Waals surface area (Å²) in [5.74, 6) is -0.978. The number of rotatable bonds is 0. The Balaban J connectivity index is 2.53. The maximum absolute atomic E-state index is 11.6. The molecule has 2 rings (SSSR count). The van der Waals surface area contributed by atoms with Crippen LogP contribution in [-0.4, -0.2) is 26.8 Å². The van der Waals surface area contributed by atoms with Crippen LogP contribution in [0.2, 0.25) is 0 Å². The number of aromatic nitrogens is 1. The van der Waals surface area contributed by atoms with Gasteiger partial charge in [0, 0.05) is 13.1 Å². The monoisotopic (exact) mass is 192 g/mol. The number of aliphatic hydroxyl groups excluding tert-OH is 1. The van der Waals surface area contributed by atoms with Gasteiger partial charge >= 0.3 is 0 Å². The minimum absolute atomic E-state index is 0.243. The van der Waals surface area contributed by atoms with Gasteiger partial charge in [-0.15, -0.1) is 0 Å². The lowest BCUT2D eigenvalue weighted by atomic mass is 10.2. The first-order valence-corrected chi connectivity index (χ1v) is 4.10. The van der Waals surface area contributed by atoms with E-state index in [1.807, 2.05) is 0 Å². The largest absolute Gasteiger partial charge is 0.367 e. The highest BCUT2D eigenvalue weighted by Gasteiger charge is 2.38. The van der Waals surface area contributed by atoms with Gasteiger partial charge in [0.05, 0.1) is 5.56 Å². The fourth-order valence-corrected chi connectivity index (χ4v) is 1.48. The second-order valence-corrected chi connectivity index (χ2v) is 3.00. The average molecular weight is 192 g/mol. The Hall–Kier alpha value is -1.75. The Morgan fingerprint density at radius 3 is 2.93 bits per heavy atom. The topological polar surface area (TPSA) is 70.5 Å². The molecule has 0 bridgehead atoms. The molecule has 0 fully saturated rings. The highest BCUT2D eigenvalue weighted by Crippen LogP contribution is 2.29. The van der Waals surface area contributed by atoms with Gasteiger partial charge in [-0.2, -0.15) is 0 Å². The predicted molar refractivity (Wildman–Crippen MR) is 46.0 cm³/mol. The molecule has 14 heavy (non-hydrogen) atoms. The van der Waals surface area contributed by atoms with E-state index in [0.717, 1.165) is 4.90 Å². The van der Waals surface area contributed by atoms with Gasteiger partial charge < -0.3 is 5.11 Å². The van der Waals surface area contributed by atoms with Gasteiger partial charge in [0.25, 0.3) is 5.91 Å².